The summed E-state index contributed by atoms with van der Waals surface area (Å²) in [5.41, 5.74) is 3.17. The highest BCUT2D eigenvalue weighted by atomic mass is 16.5. The minimum absolute atomic E-state index is 0.0619. The van der Waals surface area contributed by atoms with Crippen LogP contribution in [0.4, 0.5) is 4.79 Å². The Kier molecular flexibility index (Phi) is 3.71. The molecule has 2 atom stereocenters. The summed E-state index contributed by atoms with van der Waals surface area (Å²) in [4.78, 5) is 32.2. The predicted molar refractivity (Wildman–Crippen MR) is 94.6 cm³/mol. The Morgan fingerprint density at radius 1 is 1.32 bits per heavy atom. The molecule has 3 heterocycles. The third kappa shape index (κ3) is 2.23. The number of hydrogen-bond acceptors (Lipinski definition) is 3. The second kappa shape index (κ2) is 5.79. The van der Waals surface area contributed by atoms with Crippen LogP contribution in [0, 0.1) is 0 Å². The third-order valence-corrected chi connectivity index (χ3v) is 5.45. The zero-order chi connectivity index (χ0) is 17.7. The van der Waals surface area contributed by atoms with Gasteiger partial charge in [0.25, 0.3) is 5.91 Å². The van der Waals surface area contributed by atoms with Gasteiger partial charge in [0, 0.05) is 29.6 Å². The van der Waals surface area contributed by atoms with Crippen LogP contribution in [0.25, 0.3) is 10.9 Å². The molecule has 6 nitrogen and oxygen atoms in total. The van der Waals surface area contributed by atoms with Crippen molar-refractivity contribution in [1.82, 2.24) is 14.8 Å². The number of aromatic amines is 1. The van der Waals surface area contributed by atoms with Gasteiger partial charge in [-0.05, 0) is 37.1 Å². The van der Waals surface area contributed by atoms with Gasteiger partial charge in [0.1, 0.15) is 11.8 Å². The lowest BCUT2D eigenvalue weighted by molar-refractivity contribution is -0.128. The van der Waals surface area contributed by atoms with Crippen LogP contribution in [0.2, 0.25) is 0 Å². The number of carbonyl (C=O) groups excluding carboxylic acids is 2. The Hall–Kier alpha value is -2.50. The first-order valence-corrected chi connectivity index (χ1v) is 8.89. The molecule has 3 amide bonds. The zero-order valence-electron chi connectivity index (χ0n) is 14.8. The number of nitrogens with zero attached hydrogens (tertiary/aromatic N) is 2. The molecule has 4 rings (SSSR count). The highest BCUT2D eigenvalue weighted by Gasteiger charge is 2.50. The van der Waals surface area contributed by atoms with Gasteiger partial charge in [-0.1, -0.05) is 13.3 Å². The number of carbonyl (C=O) groups is 2. The average Bonchev–Trinajstić information content (AvgIpc) is 3.10. The maximum atomic E-state index is 12.8. The maximum absolute atomic E-state index is 12.8. The molecule has 132 valence electrons. The molecule has 1 aromatic carbocycles. The Labute approximate surface area is 146 Å². The number of H-pyrrole nitrogens is 1. The van der Waals surface area contributed by atoms with Gasteiger partial charge in [0.15, 0.2) is 0 Å². The van der Waals surface area contributed by atoms with Crippen molar-refractivity contribution in [3.05, 3.63) is 29.5 Å². The number of aromatic nitrogens is 1. The van der Waals surface area contributed by atoms with Crippen LogP contribution in [0.5, 0.6) is 5.75 Å². The fourth-order valence-corrected chi connectivity index (χ4v) is 4.09. The summed E-state index contributed by atoms with van der Waals surface area (Å²) in [6.45, 7) is 4.56. The number of fused-ring (bicyclic) bond motifs is 4. The van der Waals surface area contributed by atoms with Gasteiger partial charge in [-0.3, -0.25) is 9.69 Å². The van der Waals surface area contributed by atoms with E-state index in [2.05, 4.69) is 11.9 Å². The summed E-state index contributed by atoms with van der Waals surface area (Å²) < 4.78 is 5.34. The lowest BCUT2D eigenvalue weighted by Crippen LogP contribution is -2.42. The topological polar surface area (TPSA) is 65.6 Å². The molecule has 1 saturated heterocycles. The van der Waals surface area contributed by atoms with Crippen LogP contribution in [0.15, 0.2) is 18.2 Å². The van der Waals surface area contributed by atoms with Gasteiger partial charge in [-0.2, -0.15) is 0 Å². The molecule has 2 aliphatic heterocycles. The van der Waals surface area contributed by atoms with Crippen LogP contribution in [-0.4, -0.2) is 46.4 Å². The summed E-state index contributed by atoms with van der Waals surface area (Å²) in [6.07, 6.45) is 2.36. The molecule has 0 radical (unpaired) electrons. The zero-order valence-corrected chi connectivity index (χ0v) is 14.8. The number of ether oxygens (including phenoxy) is 1. The molecule has 6 heteroatoms. The number of urea groups is 1. The van der Waals surface area contributed by atoms with Crippen molar-refractivity contribution >= 4 is 22.8 Å². The summed E-state index contributed by atoms with van der Waals surface area (Å²) in [6, 6.07) is 5.22. The van der Waals surface area contributed by atoms with E-state index >= 15 is 0 Å². The van der Waals surface area contributed by atoms with Crippen molar-refractivity contribution in [3.8, 4) is 5.75 Å². The second-order valence-electron chi connectivity index (χ2n) is 6.86. The van der Waals surface area contributed by atoms with Crippen LogP contribution in [0.3, 0.4) is 0 Å². The summed E-state index contributed by atoms with van der Waals surface area (Å²) >= 11 is 0. The fraction of sp³-hybridized carbons (Fsp3) is 0.474. The van der Waals surface area contributed by atoms with Gasteiger partial charge >= 0.3 is 6.03 Å². The lowest BCUT2D eigenvalue weighted by Gasteiger charge is -2.33. The standard InChI is InChI=1S/C19H23N3O3/c1-4-5-8-21-18(23)16-10-14-13-9-12(25-3)6-7-15(13)20-17(14)11(2)22(16)19(21)24/h6-7,9,11,16,20H,4-5,8,10H2,1-3H3. The largest absolute Gasteiger partial charge is 0.497 e. The van der Waals surface area contributed by atoms with Crippen LogP contribution in [0.1, 0.15) is 44.0 Å². The van der Waals surface area contributed by atoms with Crippen molar-refractivity contribution in [1.29, 1.82) is 0 Å². The quantitative estimate of drug-likeness (QED) is 0.868. The van der Waals surface area contributed by atoms with E-state index in [1.807, 2.05) is 25.1 Å². The van der Waals surface area contributed by atoms with Crippen LogP contribution < -0.4 is 4.74 Å². The Morgan fingerprint density at radius 3 is 2.84 bits per heavy atom. The molecule has 0 bridgehead atoms. The summed E-state index contributed by atoms with van der Waals surface area (Å²) in [5.74, 6) is 0.732. The molecule has 2 aliphatic rings. The van der Waals surface area contributed by atoms with Crippen LogP contribution >= 0.6 is 0 Å². The number of imide groups is 1. The predicted octanol–water partition coefficient (Wildman–Crippen LogP) is 3.23. The molecule has 0 aliphatic carbocycles. The number of rotatable bonds is 4. The lowest BCUT2D eigenvalue weighted by atomic mass is 9.93. The molecule has 1 aromatic heterocycles. The van der Waals surface area contributed by atoms with Crippen molar-refractivity contribution in [3.63, 3.8) is 0 Å². The number of benzene rings is 1. The van der Waals surface area contributed by atoms with Gasteiger partial charge in [0.2, 0.25) is 0 Å². The first-order chi connectivity index (χ1) is 12.1. The maximum Gasteiger partial charge on any atom is 0.328 e. The van der Waals surface area contributed by atoms with Gasteiger partial charge in [-0.15, -0.1) is 0 Å². The molecule has 1 N–H and O–H groups in total. The van der Waals surface area contributed by atoms with E-state index in [1.165, 1.54) is 4.90 Å². The SMILES string of the molecule is CCCCN1C(=O)C2Cc3c([nH]c4ccc(OC)cc34)C(C)N2C1=O. The highest BCUT2D eigenvalue weighted by molar-refractivity contribution is 6.05. The summed E-state index contributed by atoms with van der Waals surface area (Å²) in [5, 5.41) is 1.08. The molecule has 0 spiro atoms. The number of amides is 3. The Bertz CT molecular complexity index is 857. The number of unbranched alkanes of at least 4 members (excludes halogenated alkanes) is 1. The third-order valence-electron chi connectivity index (χ3n) is 5.45. The minimum Gasteiger partial charge on any atom is -0.497 e. The van der Waals surface area contributed by atoms with Gasteiger partial charge in [0.05, 0.1) is 13.2 Å². The molecular weight excluding hydrogens is 318 g/mol. The molecule has 2 unspecified atom stereocenters. The average molecular weight is 341 g/mol. The highest BCUT2D eigenvalue weighted by Crippen LogP contribution is 2.41. The fourth-order valence-electron chi connectivity index (χ4n) is 4.09. The van der Waals surface area contributed by atoms with Crippen molar-refractivity contribution in [2.75, 3.05) is 13.7 Å². The second-order valence-corrected chi connectivity index (χ2v) is 6.86. The van der Waals surface area contributed by atoms with Crippen molar-refractivity contribution < 1.29 is 14.3 Å². The Morgan fingerprint density at radius 2 is 2.12 bits per heavy atom. The number of hydrogen-bond donors (Lipinski definition) is 1. The molecule has 1 fully saturated rings. The molecule has 0 saturated carbocycles. The van der Waals surface area contributed by atoms with Gasteiger partial charge in [-0.25, -0.2) is 4.79 Å². The van der Waals surface area contributed by atoms with E-state index in [0.717, 1.165) is 40.8 Å². The van der Waals surface area contributed by atoms with Crippen LogP contribution in [-0.2, 0) is 11.2 Å². The van der Waals surface area contributed by atoms with E-state index < -0.39 is 6.04 Å². The first kappa shape index (κ1) is 16.0. The smallest absolute Gasteiger partial charge is 0.328 e. The van der Waals surface area contributed by atoms with E-state index in [9.17, 15) is 9.59 Å². The number of nitrogens with one attached hydrogen (secondary N) is 1. The molecular formula is C19H23N3O3. The van der Waals surface area contributed by atoms with E-state index in [4.69, 9.17) is 4.74 Å². The van der Waals surface area contributed by atoms with E-state index in [-0.39, 0.29) is 18.0 Å². The Balaban J connectivity index is 1.76. The summed E-state index contributed by atoms with van der Waals surface area (Å²) in [7, 11) is 1.65. The monoisotopic (exact) mass is 341 g/mol. The first-order valence-electron chi connectivity index (χ1n) is 8.89. The number of methoxy groups -OCH3 is 1. The normalized spacial score (nSPS) is 22.5. The van der Waals surface area contributed by atoms with Gasteiger partial charge < -0.3 is 14.6 Å². The molecule has 25 heavy (non-hydrogen) atoms. The molecule has 2 aromatic rings. The minimum atomic E-state index is -0.392. The van der Waals surface area contributed by atoms with E-state index in [1.54, 1.807) is 12.0 Å². The van der Waals surface area contributed by atoms with E-state index in [0.29, 0.717) is 13.0 Å². The van der Waals surface area contributed by atoms with Crippen molar-refractivity contribution in [2.45, 2.75) is 45.2 Å². The van der Waals surface area contributed by atoms with Crippen molar-refractivity contribution in [2.24, 2.45) is 0 Å².